The lowest BCUT2D eigenvalue weighted by Crippen LogP contribution is -2.26. The zero-order valence-corrected chi connectivity index (χ0v) is 13.4. The van der Waals surface area contributed by atoms with Crippen LogP contribution in [-0.4, -0.2) is 23.1 Å². The van der Waals surface area contributed by atoms with Gasteiger partial charge in [0, 0.05) is 16.6 Å². The zero-order valence-electron chi connectivity index (χ0n) is 11.8. The average molecular weight is 356 g/mol. The van der Waals surface area contributed by atoms with Gasteiger partial charge in [0.25, 0.3) is 5.91 Å². The quantitative estimate of drug-likeness (QED) is 0.624. The molecule has 22 heavy (non-hydrogen) atoms. The van der Waals surface area contributed by atoms with Crippen LogP contribution in [0.25, 0.3) is 6.08 Å². The number of carbonyl (C=O) groups is 2. The SMILES string of the molecule is O=C1C(=O)N(Cc2ccccc2)C/C1=C\c1ccc(Br)cc1. The highest BCUT2D eigenvalue weighted by Gasteiger charge is 2.33. The number of ketones is 1. The fraction of sp³-hybridized carbons (Fsp3) is 0.111. The van der Waals surface area contributed by atoms with Gasteiger partial charge in [0.05, 0.1) is 6.54 Å². The molecule has 0 saturated carbocycles. The number of halogens is 1. The molecule has 0 spiro atoms. The number of Topliss-reactive ketones (excluding diaryl/α,β-unsaturated/α-hetero) is 1. The Morgan fingerprint density at radius 1 is 1.00 bits per heavy atom. The third-order valence-electron chi connectivity index (χ3n) is 3.56. The maximum absolute atomic E-state index is 12.1. The van der Waals surface area contributed by atoms with Gasteiger partial charge in [-0.05, 0) is 29.3 Å². The Morgan fingerprint density at radius 3 is 2.36 bits per heavy atom. The normalized spacial score (nSPS) is 16.6. The fourth-order valence-corrected chi connectivity index (χ4v) is 2.70. The second-order valence-electron chi connectivity index (χ2n) is 5.20. The van der Waals surface area contributed by atoms with Crippen molar-refractivity contribution in [1.29, 1.82) is 0 Å². The van der Waals surface area contributed by atoms with Crippen molar-refractivity contribution in [1.82, 2.24) is 4.90 Å². The number of rotatable bonds is 3. The minimum Gasteiger partial charge on any atom is -0.327 e. The molecule has 1 heterocycles. The zero-order chi connectivity index (χ0) is 15.5. The molecule has 2 aromatic rings. The second kappa shape index (κ2) is 6.28. The molecule has 2 aromatic carbocycles. The lowest BCUT2D eigenvalue weighted by Gasteiger charge is -2.13. The molecular weight excluding hydrogens is 342 g/mol. The number of carbonyl (C=O) groups excluding carboxylic acids is 2. The van der Waals surface area contributed by atoms with E-state index in [4.69, 9.17) is 0 Å². The molecular formula is C18H14BrNO2. The Labute approximate surface area is 137 Å². The van der Waals surface area contributed by atoms with Crippen LogP contribution in [0.15, 0.2) is 64.6 Å². The van der Waals surface area contributed by atoms with Gasteiger partial charge in [-0.2, -0.15) is 0 Å². The fourth-order valence-electron chi connectivity index (χ4n) is 2.43. The molecule has 0 unspecified atom stereocenters. The average Bonchev–Trinajstić information content (AvgIpc) is 2.79. The van der Waals surface area contributed by atoms with Crippen molar-refractivity contribution in [3.8, 4) is 0 Å². The first-order valence-electron chi connectivity index (χ1n) is 6.97. The number of hydrogen-bond donors (Lipinski definition) is 0. The van der Waals surface area contributed by atoms with Crippen LogP contribution < -0.4 is 0 Å². The van der Waals surface area contributed by atoms with Gasteiger partial charge >= 0.3 is 0 Å². The number of likely N-dealkylation sites (tertiary alicyclic amines) is 1. The van der Waals surface area contributed by atoms with E-state index in [1.165, 1.54) is 0 Å². The van der Waals surface area contributed by atoms with Crippen LogP contribution in [0.1, 0.15) is 11.1 Å². The number of nitrogens with zero attached hydrogens (tertiary/aromatic N) is 1. The van der Waals surface area contributed by atoms with Crippen LogP contribution in [0.4, 0.5) is 0 Å². The van der Waals surface area contributed by atoms with Crippen molar-refractivity contribution in [3.05, 3.63) is 75.8 Å². The summed E-state index contributed by atoms with van der Waals surface area (Å²) in [5.74, 6) is -0.828. The Kier molecular flexibility index (Phi) is 4.20. The lowest BCUT2D eigenvalue weighted by molar-refractivity contribution is -0.139. The third kappa shape index (κ3) is 3.17. The number of benzene rings is 2. The summed E-state index contributed by atoms with van der Waals surface area (Å²) in [6.45, 7) is 0.825. The maximum atomic E-state index is 12.1. The highest BCUT2D eigenvalue weighted by Crippen LogP contribution is 2.20. The first-order valence-corrected chi connectivity index (χ1v) is 7.76. The largest absolute Gasteiger partial charge is 0.327 e. The van der Waals surface area contributed by atoms with E-state index >= 15 is 0 Å². The highest BCUT2D eigenvalue weighted by atomic mass is 79.9. The maximum Gasteiger partial charge on any atom is 0.295 e. The summed E-state index contributed by atoms with van der Waals surface area (Å²) in [6, 6.07) is 17.3. The van der Waals surface area contributed by atoms with Crippen molar-refractivity contribution >= 4 is 33.7 Å². The molecule has 1 aliphatic heterocycles. The van der Waals surface area contributed by atoms with Crippen molar-refractivity contribution in [2.24, 2.45) is 0 Å². The van der Waals surface area contributed by atoms with Gasteiger partial charge in [-0.15, -0.1) is 0 Å². The molecule has 0 aliphatic carbocycles. The van der Waals surface area contributed by atoms with Crippen LogP contribution in [-0.2, 0) is 16.1 Å². The summed E-state index contributed by atoms with van der Waals surface area (Å²) in [5, 5.41) is 0. The Morgan fingerprint density at radius 2 is 1.68 bits per heavy atom. The summed E-state index contributed by atoms with van der Waals surface area (Å²) >= 11 is 3.38. The molecule has 4 heteroatoms. The molecule has 0 radical (unpaired) electrons. The molecule has 110 valence electrons. The second-order valence-corrected chi connectivity index (χ2v) is 6.11. The molecule has 3 rings (SSSR count). The van der Waals surface area contributed by atoms with Gasteiger partial charge in [-0.1, -0.05) is 58.4 Å². The van der Waals surface area contributed by atoms with E-state index in [9.17, 15) is 9.59 Å². The molecule has 1 saturated heterocycles. The van der Waals surface area contributed by atoms with E-state index in [1.807, 2.05) is 54.6 Å². The van der Waals surface area contributed by atoms with Crippen LogP contribution >= 0.6 is 15.9 Å². The van der Waals surface area contributed by atoms with Crippen LogP contribution in [0.2, 0.25) is 0 Å². The van der Waals surface area contributed by atoms with Gasteiger partial charge in [-0.3, -0.25) is 9.59 Å². The molecule has 1 fully saturated rings. The van der Waals surface area contributed by atoms with Gasteiger partial charge in [0.2, 0.25) is 5.78 Å². The molecule has 0 N–H and O–H groups in total. The highest BCUT2D eigenvalue weighted by molar-refractivity contribution is 9.10. The van der Waals surface area contributed by atoms with E-state index in [1.54, 1.807) is 11.0 Å². The molecule has 3 nitrogen and oxygen atoms in total. The summed E-state index contributed by atoms with van der Waals surface area (Å²) in [6.07, 6.45) is 1.79. The van der Waals surface area contributed by atoms with Crippen LogP contribution in [0, 0.1) is 0 Å². The van der Waals surface area contributed by atoms with Crippen molar-refractivity contribution in [2.45, 2.75) is 6.54 Å². The summed E-state index contributed by atoms with van der Waals surface area (Å²) in [7, 11) is 0. The minimum atomic E-state index is -0.424. The van der Waals surface area contributed by atoms with Crippen LogP contribution in [0.3, 0.4) is 0 Å². The van der Waals surface area contributed by atoms with Gasteiger partial charge in [0.15, 0.2) is 0 Å². The van der Waals surface area contributed by atoms with Gasteiger partial charge in [0.1, 0.15) is 0 Å². The Hall–Kier alpha value is -2.20. The standard InChI is InChI=1S/C18H14BrNO2/c19-16-8-6-13(7-9-16)10-15-12-20(18(22)17(15)21)11-14-4-2-1-3-5-14/h1-10H,11-12H2/b15-10+. The minimum absolute atomic E-state index is 0.364. The smallest absolute Gasteiger partial charge is 0.295 e. The van der Waals surface area contributed by atoms with E-state index in [0.29, 0.717) is 18.7 Å². The predicted octanol–water partition coefficient (Wildman–Crippen LogP) is 3.44. The molecule has 0 bridgehead atoms. The van der Waals surface area contributed by atoms with Crippen LogP contribution in [0.5, 0.6) is 0 Å². The molecule has 1 amide bonds. The third-order valence-corrected chi connectivity index (χ3v) is 4.09. The first-order chi connectivity index (χ1) is 10.6. The van der Waals surface area contributed by atoms with Gasteiger partial charge in [-0.25, -0.2) is 0 Å². The van der Waals surface area contributed by atoms with Gasteiger partial charge < -0.3 is 4.90 Å². The summed E-state index contributed by atoms with van der Waals surface area (Å²) in [4.78, 5) is 25.8. The van der Waals surface area contributed by atoms with E-state index < -0.39 is 11.7 Å². The first kappa shape index (κ1) is 14.7. The lowest BCUT2D eigenvalue weighted by atomic mass is 10.1. The Bertz CT molecular complexity index is 735. The molecule has 0 aromatic heterocycles. The summed E-state index contributed by atoms with van der Waals surface area (Å²) in [5.41, 5.74) is 2.48. The monoisotopic (exact) mass is 355 g/mol. The van der Waals surface area contributed by atoms with E-state index in [-0.39, 0.29) is 0 Å². The van der Waals surface area contributed by atoms with Crippen molar-refractivity contribution in [2.75, 3.05) is 6.54 Å². The summed E-state index contributed by atoms with van der Waals surface area (Å²) < 4.78 is 0.981. The van der Waals surface area contributed by atoms with Crippen molar-refractivity contribution < 1.29 is 9.59 Å². The topological polar surface area (TPSA) is 37.4 Å². The van der Waals surface area contributed by atoms with E-state index in [0.717, 1.165) is 15.6 Å². The van der Waals surface area contributed by atoms with Crippen molar-refractivity contribution in [3.63, 3.8) is 0 Å². The van der Waals surface area contributed by atoms with E-state index in [2.05, 4.69) is 15.9 Å². The predicted molar refractivity (Wildman–Crippen MR) is 89.0 cm³/mol. The molecule has 0 atom stereocenters. The number of amides is 1. The number of hydrogen-bond acceptors (Lipinski definition) is 2. The Balaban J connectivity index is 1.79. The molecule has 1 aliphatic rings.